The fourth-order valence-corrected chi connectivity index (χ4v) is 4.34. The molecule has 3 N–H and O–H groups in total. The number of benzene rings is 2. The van der Waals surface area contributed by atoms with E-state index in [-0.39, 0.29) is 65.8 Å². The number of carbonyl (C=O) groups excluding carboxylic acids is 3. The van der Waals surface area contributed by atoms with Crippen molar-refractivity contribution in [1.29, 1.82) is 5.41 Å². The Balaban J connectivity index is 2.00. The van der Waals surface area contributed by atoms with Crippen LogP contribution in [0.1, 0.15) is 60.7 Å². The highest BCUT2D eigenvalue weighted by Gasteiger charge is 2.43. The zero-order valence-corrected chi connectivity index (χ0v) is 23.7. The third-order valence-electron chi connectivity index (χ3n) is 6.38. The molecule has 1 aliphatic heterocycles. The van der Waals surface area contributed by atoms with E-state index in [1.54, 1.807) is 20.8 Å². The van der Waals surface area contributed by atoms with Crippen molar-refractivity contribution in [3.05, 3.63) is 46.3 Å². The zero-order valence-electron chi connectivity index (χ0n) is 23.7. The monoisotopic (exact) mass is 597 g/mol. The number of halogens is 4. The molecule has 2 aromatic rings. The summed E-state index contributed by atoms with van der Waals surface area (Å²) >= 11 is 0. The summed E-state index contributed by atoms with van der Waals surface area (Å²) in [6.45, 7) is 4.32. The molecule has 3 rings (SSSR count). The summed E-state index contributed by atoms with van der Waals surface area (Å²) in [5, 5.41) is 8.49. The number of nitrogens with two attached hydrogens (primary N) is 1. The molecular formula is C28H31F4N3O7. The zero-order chi connectivity index (χ0) is 31.6. The molecule has 0 bridgehead atoms. The average Bonchev–Trinajstić information content (AvgIpc) is 3.20. The minimum absolute atomic E-state index is 0.00105. The minimum Gasteiger partial charge on any atom is -0.493 e. The van der Waals surface area contributed by atoms with E-state index in [4.69, 9.17) is 30.1 Å². The van der Waals surface area contributed by atoms with E-state index in [1.165, 1.54) is 31.3 Å². The largest absolute Gasteiger partial charge is 0.493 e. The number of ketones is 1. The Kier molecular flexibility index (Phi) is 9.38. The maximum atomic E-state index is 15.1. The minimum atomic E-state index is -5.31. The van der Waals surface area contributed by atoms with Crippen molar-refractivity contribution in [2.24, 2.45) is 5.73 Å². The third kappa shape index (κ3) is 6.92. The molecule has 0 unspecified atom stereocenters. The fourth-order valence-electron chi connectivity index (χ4n) is 4.34. The summed E-state index contributed by atoms with van der Waals surface area (Å²) in [5.74, 6) is -5.69. The van der Waals surface area contributed by atoms with Crippen molar-refractivity contribution in [2.45, 2.75) is 51.7 Å². The first-order valence-corrected chi connectivity index (χ1v) is 12.7. The van der Waals surface area contributed by atoms with Gasteiger partial charge in [0.05, 0.1) is 32.9 Å². The number of fused-ring (bicyclic) bond motifs is 1. The first-order chi connectivity index (χ1) is 19.5. The first kappa shape index (κ1) is 32.2. The van der Waals surface area contributed by atoms with Crippen LogP contribution in [0.3, 0.4) is 0 Å². The van der Waals surface area contributed by atoms with Crippen LogP contribution >= 0.6 is 0 Å². The number of primary amides is 1. The van der Waals surface area contributed by atoms with Crippen molar-refractivity contribution in [2.75, 3.05) is 27.4 Å². The Labute approximate surface area is 239 Å². The lowest BCUT2D eigenvalue weighted by Gasteiger charge is -2.26. The molecule has 42 heavy (non-hydrogen) atoms. The van der Waals surface area contributed by atoms with Crippen LogP contribution in [0.25, 0.3) is 0 Å². The number of esters is 1. The normalized spacial score (nSPS) is 13.1. The summed E-state index contributed by atoms with van der Waals surface area (Å²) < 4.78 is 75.0. The molecule has 0 atom stereocenters. The number of ether oxygens (including phenoxy) is 4. The summed E-state index contributed by atoms with van der Waals surface area (Å²) in [6.07, 6.45) is -5.28. The number of rotatable bonds is 11. The van der Waals surface area contributed by atoms with Gasteiger partial charge < -0.3 is 29.6 Å². The number of nitrogens with one attached hydrogen (secondary N) is 1. The van der Waals surface area contributed by atoms with Gasteiger partial charge in [0.1, 0.15) is 5.84 Å². The Morgan fingerprint density at radius 1 is 1.02 bits per heavy atom. The van der Waals surface area contributed by atoms with Gasteiger partial charge in [-0.05, 0) is 35.6 Å². The van der Waals surface area contributed by atoms with Crippen molar-refractivity contribution < 1.29 is 50.9 Å². The highest BCUT2D eigenvalue weighted by molar-refractivity contribution is 6.06. The second-order valence-corrected chi connectivity index (χ2v) is 10.5. The van der Waals surface area contributed by atoms with Gasteiger partial charge in [-0.3, -0.25) is 15.0 Å². The predicted molar refractivity (Wildman–Crippen MR) is 142 cm³/mol. The number of alkyl halides is 3. The summed E-state index contributed by atoms with van der Waals surface area (Å²) in [4.78, 5) is 37.7. The topological polar surface area (TPSA) is 141 Å². The molecule has 1 heterocycles. The van der Waals surface area contributed by atoms with Gasteiger partial charge in [-0.1, -0.05) is 20.8 Å². The van der Waals surface area contributed by atoms with E-state index in [2.05, 4.69) is 0 Å². The van der Waals surface area contributed by atoms with Gasteiger partial charge in [-0.2, -0.15) is 13.2 Å². The maximum absolute atomic E-state index is 15.1. The Bertz CT molecular complexity index is 1420. The average molecular weight is 598 g/mol. The van der Waals surface area contributed by atoms with E-state index >= 15 is 4.39 Å². The van der Waals surface area contributed by atoms with Gasteiger partial charge >= 0.3 is 12.1 Å². The molecule has 1 aliphatic rings. The van der Waals surface area contributed by atoms with Crippen LogP contribution in [0.4, 0.5) is 17.6 Å². The van der Waals surface area contributed by atoms with Gasteiger partial charge in [-0.15, -0.1) is 0 Å². The van der Waals surface area contributed by atoms with Crippen LogP contribution in [0.15, 0.2) is 18.2 Å². The van der Waals surface area contributed by atoms with Crippen molar-refractivity contribution in [1.82, 2.24) is 4.90 Å². The van der Waals surface area contributed by atoms with Crippen LogP contribution in [-0.2, 0) is 21.5 Å². The highest BCUT2D eigenvalue weighted by atomic mass is 19.4. The van der Waals surface area contributed by atoms with Crippen molar-refractivity contribution >= 4 is 23.5 Å². The van der Waals surface area contributed by atoms with Gasteiger partial charge in [-0.25, -0.2) is 9.18 Å². The Morgan fingerprint density at radius 2 is 1.69 bits per heavy atom. The van der Waals surface area contributed by atoms with Gasteiger partial charge in [0.15, 0.2) is 34.6 Å². The highest BCUT2D eigenvalue weighted by Crippen LogP contribution is 2.42. The van der Waals surface area contributed by atoms with E-state index < -0.39 is 47.4 Å². The van der Waals surface area contributed by atoms with Gasteiger partial charge in [0.25, 0.3) is 0 Å². The number of hydrogen-bond acceptors (Lipinski definition) is 8. The smallest absolute Gasteiger partial charge is 0.491 e. The molecule has 10 nitrogen and oxygen atoms in total. The number of hydrogen-bond donors (Lipinski definition) is 2. The molecule has 14 heteroatoms. The van der Waals surface area contributed by atoms with E-state index in [1.807, 2.05) is 0 Å². The van der Waals surface area contributed by atoms with Crippen LogP contribution in [0.5, 0.6) is 23.0 Å². The number of nitrogens with zero attached hydrogens (tertiary/aromatic N) is 1. The number of methoxy groups -OCH3 is 2. The molecule has 0 spiro atoms. The number of amides is 1. The lowest BCUT2D eigenvalue weighted by Crippen LogP contribution is -2.31. The molecule has 0 radical (unpaired) electrons. The molecule has 0 aromatic heterocycles. The van der Waals surface area contributed by atoms with Crippen LogP contribution in [-0.4, -0.2) is 61.9 Å². The number of carbonyl (C=O) groups is 3. The van der Waals surface area contributed by atoms with Crippen LogP contribution < -0.4 is 24.7 Å². The van der Waals surface area contributed by atoms with E-state index in [0.29, 0.717) is 5.56 Å². The second-order valence-electron chi connectivity index (χ2n) is 10.5. The Hall–Kier alpha value is -4.36. The molecule has 0 saturated heterocycles. The molecular weight excluding hydrogens is 566 g/mol. The van der Waals surface area contributed by atoms with Crippen LogP contribution in [0, 0.1) is 11.2 Å². The molecule has 0 aliphatic carbocycles. The molecule has 0 saturated carbocycles. The van der Waals surface area contributed by atoms with E-state index in [9.17, 15) is 27.6 Å². The SMILES string of the molecule is COc1cc2c(c(F)c1OC)C(=N)N(CC(=O)c1cc(OCCCC(N)=O)c(OC(=O)C(F)(F)F)c(C(C)(C)C)c1)C2. The predicted octanol–water partition coefficient (Wildman–Crippen LogP) is 4.28. The fraction of sp³-hybridized carbons (Fsp3) is 0.429. The lowest BCUT2D eigenvalue weighted by atomic mass is 9.84. The summed E-state index contributed by atoms with van der Waals surface area (Å²) in [6, 6.07) is 3.92. The van der Waals surface area contributed by atoms with E-state index in [0.717, 1.165) is 6.07 Å². The standard InChI is InChI=1S/C28H31F4N3O7/c1-27(2,3)16-9-14(10-19(41-8-6-7-20(33)37)23(16)42-26(38)28(30,31)32)17(36)13-35-12-15-11-18(39-4)24(40-5)22(29)21(15)25(35)34/h9-11,34H,6-8,12-13H2,1-5H3,(H2,33,37). The number of amidine groups is 1. The molecule has 228 valence electrons. The molecule has 2 aromatic carbocycles. The lowest BCUT2D eigenvalue weighted by molar-refractivity contribution is -0.189. The summed E-state index contributed by atoms with van der Waals surface area (Å²) in [7, 11) is 2.59. The second kappa shape index (κ2) is 12.2. The van der Waals surface area contributed by atoms with Crippen LogP contribution in [0.2, 0.25) is 0 Å². The molecule has 1 amide bonds. The Morgan fingerprint density at radius 3 is 2.24 bits per heavy atom. The first-order valence-electron chi connectivity index (χ1n) is 12.7. The maximum Gasteiger partial charge on any atom is 0.491 e. The summed E-state index contributed by atoms with van der Waals surface area (Å²) in [5.41, 5.74) is 4.59. The quantitative estimate of drug-likeness (QED) is 0.129. The van der Waals surface area contributed by atoms with Crippen molar-refractivity contribution in [3.8, 4) is 23.0 Å². The third-order valence-corrected chi connectivity index (χ3v) is 6.38. The van der Waals surface area contributed by atoms with Gasteiger partial charge in [0.2, 0.25) is 5.91 Å². The number of Topliss-reactive ketones (excluding diaryl/α,β-unsaturated/α-hetero) is 1. The molecule has 0 fully saturated rings. The van der Waals surface area contributed by atoms with Gasteiger partial charge in [0, 0.05) is 24.1 Å². The van der Waals surface area contributed by atoms with Crippen molar-refractivity contribution in [3.63, 3.8) is 0 Å².